The summed E-state index contributed by atoms with van der Waals surface area (Å²) in [5, 5.41) is 9.88. The average Bonchev–Trinajstić information content (AvgIpc) is 2.74. The SMILES string of the molecule is CCn1cc(C=C(C#N)C(N)=O)c2ccccc21. The Morgan fingerprint density at radius 1 is 1.50 bits per heavy atom. The number of para-hydroxylation sites is 1. The maximum absolute atomic E-state index is 11.1. The Morgan fingerprint density at radius 2 is 2.22 bits per heavy atom. The summed E-state index contributed by atoms with van der Waals surface area (Å²) in [6.45, 7) is 2.87. The lowest BCUT2D eigenvalue weighted by Gasteiger charge is -1.97. The highest BCUT2D eigenvalue weighted by Gasteiger charge is 2.08. The van der Waals surface area contributed by atoms with Crippen LogP contribution in [0.2, 0.25) is 0 Å². The highest BCUT2D eigenvalue weighted by Crippen LogP contribution is 2.23. The van der Waals surface area contributed by atoms with Gasteiger partial charge in [-0.1, -0.05) is 18.2 Å². The summed E-state index contributed by atoms with van der Waals surface area (Å²) in [5.41, 5.74) is 7.02. The second-order valence-electron chi connectivity index (χ2n) is 3.92. The number of aryl methyl sites for hydroxylation is 1. The predicted octanol–water partition coefficient (Wildman–Crippen LogP) is 2.05. The van der Waals surface area contributed by atoms with Crippen LogP contribution in [0.4, 0.5) is 0 Å². The normalized spacial score (nSPS) is 11.4. The van der Waals surface area contributed by atoms with Crippen LogP contribution in [0, 0.1) is 11.3 Å². The number of aromatic nitrogens is 1. The number of rotatable bonds is 3. The van der Waals surface area contributed by atoms with Crippen molar-refractivity contribution < 1.29 is 4.79 Å². The predicted molar refractivity (Wildman–Crippen MR) is 70.4 cm³/mol. The molecule has 2 N–H and O–H groups in total. The van der Waals surface area contributed by atoms with Crippen molar-refractivity contribution in [2.75, 3.05) is 0 Å². The minimum atomic E-state index is -0.703. The van der Waals surface area contributed by atoms with Gasteiger partial charge in [0.2, 0.25) is 0 Å². The number of fused-ring (bicyclic) bond motifs is 1. The van der Waals surface area contributed by atoms with E-state index in [0.29, 0.717) is 0 Å². The standard InChI is InChI=1S/C14H13N3O/c1-2-17-9-11(7-10(8-15)14(16)18)12-5-3-4-6-13(12)17/h3-7,9H,2H2,1H3,(H2,16,18). The lowest BCUT2D eigenvalue weighted by molar-refractivity contribution is -0.114. The summed E-state index contributed by atoms with van der Waals surface area (Å²) in [5.74, 6) is -0.703. The van der Waals surface area contributed by atoms with Crippen LogP contribution < -0.4 is 5.73 Å². The van der Waals surface area contributed by atoms with Crippen LogP contribution in [0.25, 0.3) is 17.0 Å². The molecule has 1 aromatic carbocycles. The summed E-state index contributed by atoms with van der Waals surface area (Å²) in [4.78, 5) is 11.1. The third-order valence-corrected chi connectivity index (χ3v) is 2.85. The molecule has 0 unspecified atom stereocenters. The summed E-state index contributed by atoms with van der Waals surface area (Å²) in [6.07, 6.45) is 3.46. The van der Waals surface area contributed by atoms with Crippen molar-refractivity contribution in [1.82, 2.24) is 4.57 Å². The van der Waals surface area contributed by atoms with E-state index in [1.807, 2.05) is 43.5 Å². The van der Waals surface area contributed by atoms with Gasteiger partial charge < -0.3 is 10.3 Å². The van der Waals surface area contributed by atoms with E-state index in [1.165, 1.54) is 6.08 Å². The molecule has 0 aliphatic rings. The molecular formula is C14H13N3O. The molecule has 4 nitrogen and oxygen atoms in total. The van der Waals surface area contributed by atoms with Gasteiger partial charge in [0.05, 0.1) is 0 Å². The van der Waals surface area contributed by atoms with Crippen molar-refractivity contribution in [2.45, 2.75) is 13.5 Å². The fraction of sp³-hybridized carbons (Fsp3) is 0.143. The van der Waals surface area contributed by atoms with Gasteiger partial charge in [-0.2, -0.15) is 5.26 Å². The Hall–Kier alpha value is -2.54. The van der Waals surface area contributed by atoms with Gasteiger partial charge in [0.25, 0.3) is 5.91 Å². The maximum atomic E-state index is 11.1. The third-order valence-electron chi connectivity index (χ3n) is 2.85. The first-order valence-electron chi connectivity index (χ1n) is 5.66. The smallest absolute Gasteiger partial charge is 0.259 e. The molecule has 0 fully saturated rings. The summed E-state index contributed by atoms with van der Waals surface area (Å²) in [6, 6.07) is 9.67. The molecule has 0 spiro atoms. The number of carbonyl (C=O) groups excluding carboxylic acids is 1. The monoisotopic (exact) mass is 239 g/mol. The van der Waals surface area contributed by atoms with Crippen LogP contribution in [-0.4, -0.2) is 10.5 Å². The Kier molecular flexibility index (Phi) is 3.16. The largest absolute Gasteiger partial charge is 0.365 e. The zero-order chi connectivity index (χ0) is 13.1. The highest BCUT2D eigenvalue weighted by molar-refractivity contribution is 6.03. The molecule has 1 aromatic heterocycles. The topological polar surface area (TPSA) is 71.8 Å². The maximum Gasteiger partial charge on any atom is 0.259 e. The lowest BCUT2D eigenvalue weighted by atomic mass is 10.1. The first-order chi connectivity index (χ1) is 8.67. The molecule has 2 aromatic rings. The van der Waals surface area contributed by atoms with Gasteiger partial charge in [-0.25, -0.2) is 0 Å². The Labute approximate surface area is 105 Å². The second kappa shape index (κ2) is 4.76. The first-order valence-corrected chi connectivity index (χ1v) is 5.66. The molecule has 0 saturated carbocycles. The molecule has 1 amide bonds. The molecule has 0 atom stereocenters. The summed E-state index contributed by atoms with van der Waals surface area (Å²) in [7, 11) is 0. The number of hydrogen-bond donors (Lipinski definition) is 1. The van der Waals surface area contributed by atoms with E-state index in [1.54, 1.807) is 0 Å². The molecule has 90 valence electrons. The van der Waals surface area contributed by atoms with Crippen LogP contribution in [0.15, 0.2) is 36.0 Å². The first kappa shape index (κ1) is 11.9. The zero-order valence-corrected chi connectivity index (χ0v) is 10.1. The van der Waals surface area contributed by atoms with Gasteiger partial charge in [-0.3, -0.25) is 4.79 Å². The summed E-state index contributed by atoms with van der Waals surface area (Å²) >= 11 is 0. The van der Waals surface area contributed by atoms with Crippen LogP contribution in [0.3, 0.4) is 0 Å². The Balaban J connectivity index is 2.66. The number of hydrogen-bond acceptors (Lipinski definition) is 2. The second-order valence-corrected chi connectivity index (χ2v) is 3.92. The molecule has 18 heavy (non-hydrogen) atoms. The molecule has 0 aliphatic carbocycles. The van der Waals surface area contributed by atoms with E-state index in [2.05, 4.69) is 4.57 Å². The van der Waals surface area contributed by atoms with Gasteiger partial charge in [0.15, 0.2) is 0 Å². The molecule has 0 bridgehead atoms. The van der Waals surface area contributed by atoms with E-state index in [0.717, 1.165) is 23.0 Å². The fourth-order valence-electron chi connectivity index (χ4n) is 1.97. The van der Waals surface area contributed by atoms with Crippen LogP contribution in [0.1, 0.15) is 12.5 Å². The highest BCUT2D eigenvalue weighted by atomic mass is 16.1. The number of benzene rings is 1. The average molecular weight is 239 g/mol. The van der Waals surface area contributed by atoms with Crippen molar-refractivity contribution in [3.63, 3.8) is 0 Å². The van der Waals surface area contributed by atoms with E-state index in [-0.39, 0.29) is 5.57 Å². The van der Waals surface area contributed by atoms with E-state index in [4.69, 9.17) is 11.0 Å². The van der Waals surface area contributed by atoms with Gasteiger partial charge in [0.1, 0.15) is 11.6 Å². The fourth-order valence-corrected chi connectivity index (χ4v) is 1.97. The number of nitrogens with two attached hydrogens (primary N) is 1. The van der Waals surface area contributed by atoms with Crippen molar-refractivity contribution in [3.05, 3.63) is 41.6 Å². The third kappa shape index (κ3) is 1.98. The zero-order valence-electron chi connectivity index (χ0n) is 10.1. The number of primary amides is 1. The molecule has 1 heterocycles. The molecule has 0 radical (unpaired) electrons. The van der Waals surface area contributed by atoms with E-state index >= 15 is 0 Å². The quantitative estimate of drug-likeness (QED) is 0.657. The number of nitrogens with zero attached hydrogens (tertiary/aromatic N) is 2. The number of carbonyl (C=O) groups is 1. The van der Waals surface area contributed by atoms with Crippen LogP contribution in [0.5, 0.6) is 0 Å². The van der Waals surface area contributed by atoms with Crippen molar-refractivity contribution in [1.29, 1.82) is 5.26 Å². The number of amides is 1. The molecule has 2 rings (SSSR count). The molecular weight excluding hydrogens is 226 g/mol. The molecule has 0 aliphatic heterocycles. The van der Waals surface area contributed by atoms with E-state index < -0.39 is 5.91 Å². The lowest BCUT2D eigenvalue weighted by Crippen LogP contribution is -2.12. The van der Waals surface area contributed by atoms with Gasteiger partial charge in [-0.15, -0.1) is 0 Å². The van der Waals surface area contributed by atoms with Crippen molar-refractivity contribution >= 4 is 22.9 Å². The Bertz CT molecular complexity index is 674. The minimum absolute atomic E-state index is 0.0333. The van der Waals surface area contributed by atoms with Gasteiger partial charge in [0, 0.05) is 29.2 Å². The van der Waals surface area contributed by atoms with Crippen molar-refractivity contribution in [2.24, 2.45) is 5.73 Å². The van der Waals surface area contributed by atoms with Gasteiger partial charge >= 0.3 is 0 Å². The van der Waals surface area contributed by atoms with E-state index in [9.17, 15) is 4.79 Å². The van der Waals surface area contributed by atoms with Crippen LogP contribution >= 0.6 is 0 Å². The van der Waals surface area contributed by atoms with Gasteiger partial charge in [-0.05, 0) is 19.1 Å². The molecule has 0 saturated heterocycles. The minimum Gasteiger partial charge on any atom is -0.365 e. The van der Waals surface area contributed by atoms with Crippen LogP contribution in [-0.2, 0) is 11.3 Å². The Morgan fingerprint density at radius 3 is 2.83 bits per heavy atom. The summed E-state index contributed by atoms with van der Waals surface area (Å²) < 4.78 is 2.07. The number of nitriles is 1. The van der Waals surface area contributed by atoms with Crippen molar-refractivity contribution in [3.8, 4) is 6.07 Å². The molecule has 4 heteroatoms.